The van der Waals surface area contributed by atoms with E-state index < -0.39 is 0 Å². The SMILES string of the molecule is CC[C@@H](CO)NC(=O)CCCCO. The molecule has 0 unspecified atom stereocenters. The third kappa shape index (κ3) is 6.54. The molecule has 0 spiro atoms. The van der Waals surface area contributed by atoms with Crippen LogP contribution in [-0.4, -0.2) is 35.4 Å². The van der Waals surface area contributed by atoms with E-state index in [4.69, 9.17) is 10.2 Å². The minimum absolute atomic E-state index is 0.0117. The zero-order valence-electron chi connectivity index (χ0n) is 8.12. The van der Waals surface area contributed by atoms with Gasteiger partial charge in [0.15, 0.2) is 0 Å². The number of carbonyl (C=O) groups is 1. The fourth-order valence-electron chi connectivity index (χ4n) is 0.974. The molecule has 1 atom stereocenters. The first kappa shape index (κ1) is 12.4. The van der Waals surface area contributed by atoms with Crippen LogP contribution in [0.1, 0.15) is 32.6 Å². The number of hydrogen-bond donors (Lipinski definition) is 3. The largest absolute Gasteiger partial charge is 0.396 e. The quantitative estimate of drug-likeness (QED) is 0.495. The highest BCUT2D eigenvalue weighted by Crippen LogP contribution is 1.96. The summed E-state index contributed by atoms with van der Waals surface area (Å²) >= 11 is 0. The molecule has 0 aromatic heterocycles. The van der Waals surface area contributed by atoms with Crippen molar-refractivity contribution >= 4 is 5.91 Å². The number of amides is 1. The molecule has 4 nitrogen and oxygen atoms in total. The van der Waals surface area contributed by atoms with Crippen LogP contribution < -0.4 is 5.32 Å². The van der Waals surface area contributed by atoms with Crippen molar-refractivity contribution in [3.63, 3.8) is 0 Å². The Bertz CT molecular complexity index is 135. The number of unbranched alkanes of at least 4 members (excludes halogenated alkanes) is 1. The van der Waals surface area contributed by atoms with Gasteiger partial charge in [-0.1, -0.05) is 6.92 Å². The highest BCUT2D eigenvalue weighted by atomic mass is 16.3. The number of rotatable bonds is 7. The molecule has 0 rings (SSSR count). The number of hydrogen-bond acceptors (Lipinski definition) is 3. The Morgan fingerprint density at radius 2 is 2.08 bits per heavy atom. The van der Waals surface area contributed by atoms with E-state index in [0.717, 1.165) is 6.42 Å². The second-order valence-corrected chi connectivity index (χ2v) is 3.04. The average molecular weight is 189 g/mol. The van der Waals surface area contributed by atoms with Crippen LogP contribution in [0.4, 0.5) is 0 Å². The van der Waals surface area contributed by atoms with E-state index in [9.17, 15) is 4.79 Å². The van der Waals surface area contributed by atoms with Crippen LogP contribution >= 0.6 is 0 Å². The third-order valence-corrected chi connectivity index (χ3v) is 1.89. The van der Waals surface area contributed by atoms with Crippen molar-refractivity contribution in [3.8, 4) is 0 Å². The lowest BCUT2D eigenvalue weighted by Gasteiger charge is -2.13. The molecule has 0 aliphatic heterocycles. The second kappa shape index (κ2) is 8.01. The summed E-state index contributed by atoms with van der Waals surface area (Å²) in [5.41, 5.74) is 0. The van der Waals surface area contributed by atoms with Gasteiger partial charge in [0, 0.05) is 13.0 Å². The predicted molar refractivity (Wildman–Crippen MR) is 50.2 cm³/mol. The number of nitrogens with one attached hydrogen (secondary N) is 1. The van der Waals surface area contributed by atoms with Gasteiger partial charge < -0.3 is 15.5 Å². The minimum Gasteiger partial charge on any atom is -0.396 e. The van der Waals surface area contributed by atoms with Crippen molar-refractivity contribution in [3.05, 3.63) is 0 Å². The minimum atomic E-state index is -0.123. The predicted octanol–water partition coefficient (Wildman–Crippen LogP) is 0.0361. The molecule has 0 aliphatic rings. The van der Waals surface area contributed by atoms with Crippen LogP contribution in [0.5, 0.6) is 0 Å². The highest BCUT2D eigenvalue weighted by Gasteiger charge is 2.07. The van der Waals surface area contributed by atoms with Crippen molar-refractivity contribution in [2.75, 3.05) is 13.2 Å². The summed E-state index contributed by atoms with van der Waals surface area (Å²) in [6, 6.07) is -0.123. The number of aliphatic hydroxyl groups is 2. The first-order chi connectivity index (χ1) is 6.24. The maximum absolute atomic E-state index is 11.1. The fourth-order valence-corrected chi connectivity index (χ4v) is 0.974. The van der Waals surface area contributed by atoms with E-state index in [2.05, 4.69) is 5.32 Å². The Hall–Kier alpha value is -0.610. The maximum Gasteiger partial charge on any atom is 0.220 e. The summed E-state index contributed by atoms with van der Waals surface area (Å²) in [5, 5.41) is 20.0. The van der Waals surface area contributed by atoms with Gasteiger partial charge in [-0.2, -0.15) is 0 Å². The molecule has 1 amide bonds. The van der Waals surface area contributed by atoms with E-state index in [1.54, 1.807) is 0 Å². The van der Waals surface area contributed by atoms with Gasteiger partial charge in [-0.05, 0) is 19.3 Å². The first-order valence-electron chi connectivity index (χ1n) is 4.75. The molecule has 3 N–H and O–H groups in total. The van der Waals surface area contributed by atoms with E-state index in [-0.39, 0.29) is 25.2 Å². The highest BCUT2D eigenvalue weighted by molar-refractivity contribution is 5.76. The van der Waals surface area contributed by atoms with E-state index >= 15 is 0 Å². The topological polar surface area (TPSA) is 69.6 Å². The molecule has 0 aromatic rings. The van der Waals surface area contributed by atoms with E-state index in [1.807, 2.05) is 6.92 Å². The lowest BCUT2D eigenvalue weighted by molar-refractivity contribution is -0.122. The average Bonchev–Trinajstić information content (AvgIpc) is 2.14. The molecule has 13 heavy (non-hydrogen) atoms. The molecular weight excluding hydrogens is 170 g/mol. The van der Waals surface area contributed by atoms with Crippen LogP contribution in [0.3, 0.4) is 0 Å². The summed E-state index contributed by atoms with van der Waals surface area (Å²) in [6.45, 7) is 2.03. The molecule has 0 saturated carbocycles. The summed E-state index contributed by atoms with van der Waals surface area (Å²) < 4.78 is 0. The molecule has 0 heterocycles. The lowest BCUT2D eigenvalue weighted by Crippen LogP contribution is -2.36. The Morgan fingerprint density at radius 1 is 1.38 bits per heavy atom. The Labute approximate surface area is 79.0 Å². The lowest BCUT2D eigenvalue weighted by atomic mass is 10.2. The van der Waals surface area contributed by atoms with Gasteiger partial charge in [0.1, 0.15) is 0 Å². The molecule has 0 aliphatic carbocycles. The maximum atomic E-state index is 11.1. The summed E-state index contributed by atoms with van der Waals surface area (Å²) in [7, 11) is 0. The van der Waals surface area contributed by atoms with Crippen LogP contribution in [0.25, 0.3) is 0 Å². The summed E-state index contributed by atoms with van der Waals surface area (Å²) in [4.78, 5) is 11.1. The number of aliphatic hydroxyl groups excluding tert-OH is 2. The van der Waals surface area contributed by atoms with E-state index in [0.29, 0.717) is 19.3 Å². The third-order valence-electron chi connectivity index (χ3n) is 1.89. The van der Waals surface area contributed by atoms with Crippen LogP contribution in [0.2, 0.25) is 0 Å². The molecule has 0 bridgehead atoms. The monoisotopic (exact) mass is 189 g/mol. The Morgan fingerprint density at radius 3 is 2.54 bits per heavy atom. The van der Waals surface area contributed by atoms with Crippen LogP contribution in [-0.2, 0) is 4.79 Å². The Kier molecular flexibility index (Phi) is 7.63. The van der Waals surface area contributed by atoms with Crippen molar-refractivity contribution in [1.82, 2.24) is 5.32 Å². The zero-order valence-corrected chi connectivity index (χ0v) is 8.12. The van der Waals surface area contributed by atoms with Crippen molar-refractivity contribution in [2.45, 2.75) is 38.6 Å². The van der Waals surface area contributed by atoms with Gasteiger partial charge in [-0.15, -0.1) is 0 Å². The van der Waals surface area contributed by atoms with Gasteiger partial charge in [-0.25, -0.2) is 0 Å². The second-order valence-electron chi connectivity index (χ2n) is 3.04. The fraction of sp³-hybridized carbons (Fsp3) is 0.889. The van der Waals surface area contributed by atoms with Crippen LogP contribution in [0.15, 0.2) is 0 Å². The molecule has 0 saturated heterocycles. The van der Waals surface area contributed by atoms with Gasteiger partial charge >= 0.3 is 0 Å². The molecular formula is C9H19NO3. The normalized spacial score (nSPS) is 12.5. The standard InChI is InChI=1S/C9H19NO3/c1-2-8(7-12)10-9(13)5-3-4-6-11/h8,11-12H,2-7H2,1H3,(H,10,13)/t8-/m0/s1. The Balaban J connectivity index is 3.48. The van der Waals surface area contributed by atoms with Gasteiger partial charge in [0.25, 0.3) is 0 Å². The number of carbonyl (C=O) groups excluding carboxylic acids is 1. The van der Waals surface area contributed by atoms with Gasteiger partial charge in [0.2, 0.25) is 5.91 Å². The summed E-state index contributed by atoms with van der Waals surface area (Å²) in [6.07, 6.45) is 2.52. The zero-order chi connectivity index (χ0) is 10.1. The molecule has 4 heteroatoms. The van der Waals surface area contributed by atoms with Crippen LogP contribution in [0, 0.1) is 0 Å². The molecule has 78 valence electrons. The van der Waals surface area contributed by atoms with Gasteiger partial charge in [-0.3, -0.25) is 4.79 Å². The van der Waals surface area contributed by atoms with E-state index in [1.165, 1.54) is 0 Å². The smallest absolute Gasteiger partial charge is 0.220 e. The molecule has 0 radical (unpaired) electrons. The molecule has 0 fully saturated rings. The van der Waals surface area contributed by atoms with Crippen molar-refractivity contribution in [1.29, 1.82) is 0 Å². The molecule has 0 aromatic carbocycles. The van der Waals surface area contributed by atoms with Crippen molar-refractivity contribution in [2.24, 2.45) is 0 Å². The first-order valence-corrected chi connectivity index (χ1v) is 4.75. The van der Waals surface area contributed by atoms with Crippen molar-refractivity contribution < 1.29 is 15.0 Å². The van der Waals surface area contributed by atoms with Gasteiger partial charge in [0.05, 0.1) is 12.6 Å². The summed E-state index contributed by atoms with van der Waals surface area (Å²) in [5.74, 6) is -0.0469.